The summed E-state index contributed by atoms with van der Waals surface area (Å²) in [6, 6.07) is 4.23. The van der Waals surface area contributed by atoms with Gasteiger partial charge in [0.15, 0.2) is 0 Å². The number of fused-ring (bicyclic) bond motifs is 2. The zero-order valence-corrected chi connectivity index (χ0v) is 13.0. The molecule has 1 aromatic carbocycles. The molecule has 2 aliphatic heterocycles. The van der Waals surface area contributed by atoms with Crippen molar-refractivity contribution < 1.29 is 30.5 Å². The zero-order valence-electron chi connectivity index (χ0n) is 12.1. The number of rotatable bonds is 2. The van der Waals surface area contributed by atoms with Crippen LogP contribution < -0.4 is 9.50 Å². The lowest BCUT2D eigenvalue weighted by Gasteiger charge is -2.42. The summed E-state index contributed by atoms with van der Waals surface area (Å²) in [5.74, 6) is -0.327. The molecule has 1 N–H and O–H groups in total. The van der Waals surface area contributed by atoms with Crippen LogP contribution in [0.25, 0.3) is 0 Å². The number of nitrogens with one attached hydrogen (secondary N) is 1. The molecule has 0 unspecified atom stereocenters. The van der Waals surface area contributed by atoms with E-state index in [1.807, 2.05) is 0 Å². The van der Waals surface area contributed by atoms with E-state index in [2.05, 4.69) is 9.50 Å². The fraction of sp³-hybridized carbons (Fsp3) is 0.571. The highest BCUT2D eigenvalue weighted by atomic mass is 32.2. The molecule has 0 aliphatic carbocycles. The Morgan fingerprint density at radius 1 is 1.22 bits per heavy atom. The van der Waals surface area contributed by atoms with Crippen LogP contribution in [0.4, 0.5) is 13.2 Å². The Hall–Kier alpha value is -1.32. The van der Waals surface area contributed by atoms with Crippen LogP contribution in [0, 0.1) is 0 Å². The number of benzene rings is 1. The Labute approximate surface area is 131 Å². The topological polar surface area (TPSA) is 64.6 Å². The first-order valence-electron chi connectivity index (χ1n) is 7.22. The van der Waals surface area contributed by atoms with Crippen molar-refractivity contribution in [2.24, 2.45) is 0 Å². The number of hydrogen-bond donors (Lipinski definition) is 1. The van der Waals surface area contributed by atoms with Gasteiger partial charge in [0.05, 0.1) is 12.2 Å². The van der Waals surface area contributed by atoms with Crippen LogP contribution in [0.3, 0.4) is 0 Å². The predicted molar refractivity (Wildman–Crippen MR) is 75.5 cm³/mol. The van der Waals surface area contributed by atoms with E-state index >= 15 is 0 Å². The van der Waals surface area contributed by atoms with Crippen molar-refractivity contribution in [3.63, 3.8) is 0 Å². The Balaban J connectivity index is 1.91. The van der Waals surface area contributed by atoms with E-state index in [-0.39, 0.29) is 5.75 Å². The fourth-order valence-corrected chi connectivity index (χ4v) is 3.58. The van der Waals surface area contributed by atoms with Crippen LogP contribution in [0.15, 0.2) is 18.2 Å². The summed E-state index contributed by atoms with van der Waals surface area (Å²) in [4.78, 5) is 0. The second-order valence-electron chi connectivity index (χ2n) is 5.64. The Morgan fingerprint density at radius 3 is 2.57 bits per heavy atom. The summed E-state index contributed by atoms with van der Waals surface area (Å²) < 4.78 is 69.6. The van der Waals surface area contributed by atoms with Crippen LogP contribution in [-0.4, -0.2) is 33.6 Å². The van der Waals surface area contributed by atoms with Gasteiger partial charge in [0.1, 0.15) is 5.75 Å². The van der Waals surface area contributed by atoms with Crippen molar-refractivity contribution in [3.8, 4) is 5.75 Å². The van der Waals surface area contributed by atoms with E-state index in [0.717, 1.165) is 37.1 Å². The summed E-state index contributed by atoms with van der Waals surface area (Å²) in [6.45, 7) is 2.03. The van der Waals surface area contributed by atoms with Gasteiger partial charge in [-0.3, -0.25) is 0 Å². The van der Waals surface area contributed by atoms with Gasteiger partial charge in [-0.25, -0.2) is 0 Å². The van der Waals surface area contributed by atoms with Crippen LogP contribution in [0.1, 0.15) is 24.0 Å². The van der Waals surface area contributed by atoms with Crippen molar-refractivity contribution in [1.82, 2.24) is 5.32 Å². The smallest absolute Gasteiger partial charge is 0.376 e. The minimum absolute atomic E-state index is 0.327. The van der Waals surface area contributed by atoms with Crippen molar-refractivity contribution in [2.45, 2.75) is 30.4 Å². The van der Waals surface area contributed by atoms with Crippen LogP contribution in [0.2, 0.25) is 0 Å². The van der Waals surface area contributed by atoms with Gasteiger partial charge in [0.25, 0.3) is 0 Å². The lowest BCUT2D eigenvalue weighted by Crippen LogP contribution is -2.44. The van der Waals surface area contributed by atoms with Crippen molar-refractivity contribution >= 4 is 10.1 Å². The number of hydrogen-bond acceptors (Lipinski definition) is 5. The molecule has 0 radical (unpaired) electrons. The first kappa shape index (κ1) is 16.5. The maximum absolute atomic E-state index is 12.4. The second kappa shape index (κ2) is 5.64. The molecule has 128 valence electrons. The normalized spacial score (nSPS) is 21.0. The Morgan fingerprint density at radius 2 is 1.91 bits per heavy atom. The van der Waals surface area contributed by atoms with Crippen LogP contribution in [-0.2, 0) is 26.9 Å². The van der Waals surface area contributed by atoms with Gasteiger partial charge in [0, 0.05) is 0 Å². The molecular weight excluding hydrogens is 335 g/mol. The molecule has 0 amide bonds. The van der Waals surface area contributed by atoms with E-state index in [9.17, 15) is 21.6 Å². The predicted octanol–water partition coefficient (Wildman–Crippen LogP) is 2.07. The van der Waals surface area contributed by atoms with Crippen LogP contribution in [0.5, 0.6) is 5.75 Å². The van der Waals surface area contributed by atoms with E-state index in [1.165, 1.54) is 12.1 Å². The molecule has 0 saturated carbocycles. The van der Waals surface area contributed by atoms with Crippen molar-refractivity contribution in [3.05, 3.63) is 29.3 Å². The lowest BCUT2D eigenvalue weighted by molar-refractivity contribution is -0.0802. The molecule has 1 saturated heterocycles. The van der Waals surface area contributed by atoms with Gasteiger partial charge in [-0.2, -0.15) is 21.6 Å². The third kappa shape index (κ3) is 3.05. The lowest BCUT2D eigenvalue weighted by atomic mass is 9.80. The zero-order chi connectivity index (χ0) is 16.7. The molecule has 9 heteroatoms. The van der Waals surface area contributed by atoms with Crippen molar-refractivity contribution in [1.29, 1.82) is 0 Å². The highest BCUT2D eigenvalue weighted by Crippen LogP contribution is 2.41. The molecule has 0 atom stereocenters. The van der Waals surface area contributed by atoms with Gasteiger partial charge < -0.3 is 14.2 Å². The largest absolute Gasteiger partial charge is 0.534 e. The fourth-order valence-electron chi connectivity index (χ4n) is 3.13. The summed E-state index contributed by atoms with van der Waals surface area (Å²) in [5.41, 5.74) is -4.21. The number of alkyl halides is 3. The standard InChI is InChI=1S/C14H16F3NO4S/c15-14(16,17)23(19,20)22-11-1-2-12-10(9-11)3-8-21-13(12)4-6-18-7-5-13/h1-2,9,18H,3-8H2. The molecule has 1 aromatic rings. The highest BCUT2D eigenvalue weighted by Gasteiger charge is 2.48. The van der Waals surface area contributed by atoms with E-state index in [1.54, 1.807) is 6.07 Å². The molecule has 5 nitrogen and oxygen atoms in total. The second-order valence-corrected chi connectivity index (χ2v) is 7.18. The molecule has 23 heavy (non-hydrogen) atoms. The quantitative estimate of drug-likeness (QED) is 0.653. The van der Waals surface area contributed by atoms with E-state index in [4.69, 9.17) is 4.74 Å². The van der Waals surface area contributed by atoms with Crippen LogP contribution >= 0.6 is 0 Å². The monoisotopic (exact) mass is 351 g/mol. The molecular formula is C14H16F3NO4S. The number of piperidine rings is 1. The van der Waals surface area contributed by atoms with Gasteiger partial charge in [-0.05, 0) is 55.6 Å². The molecule has 1 fully saturated rings. The van der Waals surface area contributed by atoms with Gasteiger partial charge in [0.2, 0.25) is 0 Å². The van der Waals surface area contributed by atoms with Gasteiger partial charge in [-0.15, -0.1) is 0 Å². The summed E-state index contributed by atoms with van der Waals surface area (Å²) in [6.07, 6.45) is 2.04. The maximum atomic E-state index is 12.4. The first-order chi connectivity index (χ1) is 10.7. The average molecular weight is 351 g/mol. The van der Waals surface area contributed by atoms with Gasteiger partial charge >= 0.3 is 15.6 Å². The number of halogens is 3. The van der Waals surface area contributed by atoms with E-state index < -0.39 is 21.2 Å². The third-order valence-corrected chi connectivity index (χ3v) is 5.20. The molecule has 0 aromatic heterocycles. The highest BCUT2D eigenvalue weighted by molar-refractivity contribution is 7.88. The Bertz CT molecular complexity index is 696. The van der Waals surface area contributed by atoms with Crippen molar-refractivity contribution in [2.75, 3.05) is 19.7 Å². The SMILES string of the molecule is O=S(=O)(Oc1ccc2c(c1)CCOC21CCNCC1)C(F)(F)F. The molecule has 0 bridgehead atoms. The first-order valence-corrected chi connectivity index (χ1v) is 8.63. The third-order valence-electron chi connectivity index (χ3n) is 4.22. The summed E-state index contributed by atoms with van der Waals surface area (Å²) >= 11 is 0. The molecule has 3 rings (SSSR count). The van der Waals surface area contributed by atoms with Gasteiger partial charge in [-0.1, -0.05) is 6.07 Å². The Kier molecular flexibility index (Phi) is 4.06. The maximum Gasteiger partial charge on any atom is 0.534 e. The summed E-state index contributed by atoms with van der Waals surface area (Å²) in [5, 5.41) is 3.24. The average Bonchev–Trinajstić information content (AvgIpc) is 2.46. The minimum Gasteiger partial charge on any atom is -0.376 e. The van der Waals surface area contributed by atoms with E-state index in [0.29, 0.717) is 13.0 Å². The minimum atomic E-state index is -5.65. The molecule has 2 aliphatic rings. The molecule has 2 heterocycles. The number of ether oxygens (including phenoxy) is 1. The summed E-state index contributed by atoms with van der Waals surface area (Å²) in [7, 11) is -5.65. The molecule has 1 spiro atoms.